The summed E-state index contributed by atoms with van der Waals surface area (Å²) in [6, 6.07) is 20.0. The van der Waals surface area contributed by atoms with Gasteiger partial charge < -0.3 is 5.11 Å². The maximum Gasteiger partial charge on any atom is 0.320 e. The van der Waals surface area contributed by atoms with Crippen LogP contribution in [0.15, 0.2) is 60.7 Å². The van der Waals surface area contributed by atoms with Crippen LogP contribution in [0.3, 0.4) is 0 Å². The van der Waals surface area contributed by atoms with Crippen LogP contribution in [-0.4, -0.2) is 33.5 Å². The van der Waals surface area contributed by atoms with Crippen LogP contribution in [0.2, 0.25) is 0 Å². The van der Waals surface area contributed by atoms with Crippen molar-refractivity contribution in [3.8, 4) is 0 Å². The number of rotatable bonds is 4. The number of aromatic nitrogens is 1. The fourth-order valence-electron chi connectivity index (χ4n) is 4.15. The number of carbonyl (C=O) groups is 1. The highest BCUT2D eigenvalue weighted by Gasteiger charge is 2.35. The minimum atomic E-state index is -0.742. The Kier molecular flexibility index (Phi) is 4.90. The number of aryl methyl sites for hydroxylation is 1. The summed E-state index contributed by atoms with van der Waals surface area (Å²) in [6.07, 6.45) is 2.66. The number of likely N-dealkylation sites (tertiary alicyclic amines) is 1. The number of piperidine rings is 1. The summed E-state index contributed by atoms with van der Waals surface area (Å²) in [5.41, 5.74) is 2.96. The molecule has 1 aliphatic rings. The highest BCUT2D eigenvalue weighted by Crippen LogP contribution is 2.34. The van der Waals surface area contributed by atoms with Gasteiger partial charge >= 0.3 is 5.97 Å². The van der Waals surface area contributed by atoms with E-state index in [1.54, 1.807) is 0 Å². The number of benzene rings is 2. The molecule has 0 amide bonds. The van der Waals surface area contributed by atoms with E-state index in [0.717, 1.165) is 41.7 Å². The molecule has 0 saturated carbocycles. The first-order chi connectivity index (χ1) is 13.1. The van der Waals surface area contributed by atoms with Crippen molar-refractivity contribution in [3.63, 3.8) is 0 Å². The first-order valence-corrected chi connectivity index (χ1v) is 9.54. The van der Waals surface area contributed by atoms with Gasteiger partial charge in [-0.05, 0) is 60.8 Å². The van der Waals surface area contributed by atoms with Gasteiger partial charge in [0.15, 0.2) is 0 Å². The molecule has 0 radical (unpaired) electrons. The highest BCUT2D eigenvalue weighted by atomic mass is 16.4. The van der Waals surface area contributed by atoms with Crippen molar-refractivity contribution in [1.82, 2.24) is 9.88 Å². The molecule has 2 aromatic carbocycles. The summed E-state index contributed by atoms with van der Waals surface area (Å²) >= 11 is 0. The Hall–Kier alpha value is -2.72. The Morgan fingerprint density at radius 3 is 2.67 bits per heavy atom. The fourth-order valence-corrected chi connectivity index (χ4v) is 4.15. The van der Waals surface area contributed by atoms with E-state index in [-0.39, 0.29) is 6.04 Å². The second kappa shape index (κ2) is 7.49. The molecule has 1 saturated heterocycles. The largest absolute Gasteiger partial charge is 0.480 e. The number of aliphatic carboxylic acids is 1. The van der Waals surface area contributed by atoms with Gasteiger partial charge in [0.2, 0.25) is 0 Å². The van der Waals surface area contributed by atoms with Crippen LogP contribution in [0.4, 0.5) is 0 Å². The third kappa shape index (κ3) is 3.58. The molecule has 2 unspecified atom stereocenters. The molecular weight excluding hydrogens is 336 g/mol. The van der Waals surface area contributed by atoms with Gasteiger partial charge in [0.25, 0.3) is 0 Å². The van der Waals surface area contributed by atoms with Gasteiger partial charge in [-0.15, -0.1) is 0 Å². The van der Waals surface area contributed by atoms with Gasteiger partial charge in [-0.1, -0.05) is 48.9 Å². The molecule has 4 heteroatoms. The molecule has 3 aromatic rings. The zero-order chi connectivity index (χ0) is 18.8. The zero-order valence-electron chi connectivity index (χ0n) is 15.5. The Labute approximate surface area is 159 Å². The Morgan fingerprint density at radius 1 is 1.07 bits per heavy atom. The topological polar surface area (TPSA) is 53.4 Å². The Morgan fingerprint density at radius 2 is 1.89 bits per heavy atom. The van der Waals surface area contributed by atoms with E-state index in [9.17, 15) is 9.90 Å². The molecule has 2 atom stereocenters. The number of nitrogens with zero attached hydrogens (tertiary/aromatic N) is 2. The lowest BCUT2D eigenvalue weighted by Gasteiger charge is -2.39. The standard InChI is InChI=1S/C23H24N2O2/c1-16-7-6-10-20(24-16)22(25-14-5-4-11-21(25)23(26)27)19-13-12-17-8-2-3-9-18(17)15-19/h2-3,6-10,12-13,15,21-22H,4-5,11,14H2,1H3,(H,26,27). The molecule has 1 N–H and O–H groups in total. The summed E-state index contributed by atoms with van der Waals surface area (Å²) in [6.45, 7) is 2.75. The van der Waals surface area contributed by atoms with Crippen molar-refractivity contribution in [2.24, 2.45) is 0 Å². The minimum Gasteiger partial charge on any atom is -0.480 e. The van der Waals surface area contributed by atoms with E-state index in [0.29, 0.717) is 6.42 Å². The molecule has 138 valence electrons. The van der Waals surface area contributed by atoms with Crippen LogP contribution in [0, 0.1) is 6.92 Å². The average molecular weight is 360 g/mol. The van der Waals surface area contributed by atoms with E-state index in [2.05, 4.69) is 35.2 Å². The maximum absolute atomic E-state index is 11.9. The van der Waals surface area contributed by atoms with Crippen LogP contribution >= 0.6 is 0 Å². The van der Waals surface area contributed by atoms with Crippen molar-refractivity contribution >= 4 is 16.7 Å². The molecule has 2 heterocycles. The normalized spacial score (nSPS) is 19.1. The number of carboxylic acid groups (broad SMARTS) is 1. The monoisotopic (exact) mass is 360 g/mol. The Bertz CT molecular complexity index is 969. The van der Waals surface area contributed by atoms with Crippen molar-refractivity contribution in [2.45, 2.75) is 38.3 Å². The predicted molar refractivity (Wildman–Crippen MR) is 107 cm³/mol. The molecule has 1 aliphatic heterocycles. The van der Waals surface area contributed by atoms with Crippen molar-refractivity contribution in [1.29, 1.82) is 0 Å². The van der Waals surface area contributed by atoms with E-state index in [4.69, 9.17) is 4.98 Å². The smallest absolute Gasteiger partial charge is 0.320 e. The second-order valence-electron chi connectivity index (χ2n) is 7.30. The number of hydrogen-bond donors (Lipinski definition) is 1. The average Bonchev–Trinajstić information content (AvgIpc) is 2.68. The first kappa shape index (κ1) is 17.7. The quantitative estimate of drug-likeness (QED) is 0.740. The summed E-state index contributed by atoms with van der Waals surface area (Å²) in [7, 11) is 0. The third-order valence-electron chi connectivity index (χ3n) is 5.44. The Balaban J connectivity index is 1.85. The van der Waals surface area contributed by atoms with Gasteiger partial charge in [-0.2, -0.15) is 0 Å². The fraction of sp³-hybridized carbons (Fsp3) is 0.304. The molecule has 27 heavy (non-hydrogen) atoms. The second-order valence-corrected chi connectivity index (χ2v) is 7.30. The van der Waals surface area contributed by atoms with Gasteiger partial charge in [-0.3, -0.25) is 14.7 Å². The van der Waals surface area contributed by atoms with Crippen LogP contribution in [0.25, 0.3) is 10.8 Å². The van der Waals surface area contributed by atoms with Crippen LogP contribution in [0.5, 0.6) is 0 Å². The summed E-state index contributed by atoms with van der Waals surface area (Å²) in [4.78, 5) is 18.8. The van der Waals surface area contributed by atoms with Crippen LogP contribution < -0.4 is 0 Å². The number of fused-ring (bicyclic) bond motifs is 1. The van der Waals surface area contributed by atoms with E-state index < -0.39 is 12.0 Å². The van der Waals surface area contributed by atoms with Crippen molar-refractivity contribution < 1.29 is 9.90 Å². The molecule has 4 nitrogen and oxygen atoms in total. The number of hydrogen-bond acceptors (Lipinski definition) is 3. The van der Waals surface area contributed by atoms with Crippen molar-refractivity contribution in [2.75, 3.05) is 6.54 Å². The van der Waals surface area contributed by atoms with Crippen LogP contribution in [-0.2, 0) is 4.79 Å². The molecule has 0 spiro atoms. The maximum atomic E-state index is 11.9. The molecule has 0 aliphatic carbocycles. The summed E-state index contributed by atoms with van der Waals surface area (Å²) < 4.78 is 0. The lowest BCUT2D eigenvalue weighted by Crippen LogP contribution is -2.47. The molecular formula is C23H24N2O2. The van der Waals surface area contributed by atoms with Gasteiger partial charge in [0.1, 0.15) is 6.04 Å². The summed E-state index contributed by atoms with van der Waals surface area (Å²) in [5.74, 6) is -0.742. The molecule has 4 rings (SSSR count). The van der Waals surface area contributed by atoms with Gasteiger partial charge in [-0.25, -0.2) is 0 Å². The minimum absolute atomic E-state index is 0.157. The first-order valence-electron chi connectivity index (χ1n) is 9.54. The van der Waals surface area contributed by atoms with E-state index in [1.807, 2.05) is 37.3 Å². The van der Waals surface area contributed by atoms with Gasteiger partial charge in [0.05, 0.1) is 11.7 Å². The lowest BCUT2D eigenvalue weighted by molar-refractivity contribution is -0.145. The zero-order valence-corrected chi connectivity index (χ0v) is 15.5. The highest BCUT2D eigenvalue weighted by molar-refractivity contribution is 5.83. The molecule has 0 bridgehead atoms. The predicted octanol–water partition coefficient (Wildman–Crippen LogP) is 4.57. The molecule has 1 fully saturated rings. The van der Waals surface area contributed by atoms with Gasteiger partial charge in [0, 0.05) is 5.69 Å². The number of carboxylic acids is 1. The van der Waals surface area contributed by atoms with E-state index in [1.165, 1.54) is 5.39 Å². The van der Waals surface area contributed by atoms with E-state index >= 15 is 0 Å². The number of pyridine rings is 1. The SMILES string of the molecule is Cc1cccc(C(c2ccc3ccccc3c2)N2CCCCC2C(=O)O)n1. The molecule has 1 aromatic heterocycles. The lowest BCUT2D eigenvalue weighted by atomic mass is 9.92. The third-order valence-corrected chi connectivity index (χ3v) is 5.44. The summed E-state index contributed by atoms with van der Waals surface area (Å²) in [5, 5.41) is 12.2. The van der Waals surface area contributed by atoms with Crippen LogP contribution in [0.1, 0.15) is 42.3 Å². The van der Waals surface area contributed by atoms with Crippen molar-refractivity contribution in [3.05, 3.63) is 77.6 Å².